The zero-order valence-electron chi connectivity index (χ0n) is 8.11. The fourth-order valence-electron chi connectivity index (χ4n) is 1.26. The van der Waals surface area contributed by atoms with E-state index in [9.17, 15) is 18.6 Å². The van der Waals surface area contributed by atoms with Crippen molar-refractivity contribution < 1.29 is 32.7 Å². The van der Waals surface area contributed by atoms with Gasteiger partial charge in [0.2, 0.25) is 0 Å². The monoisotopic (exact) mass is 242 g/mol. The van der Waals surface area contributed by atoms with E-state index in [1.165, 1.54) is 0 Å². The maximum atomic E-state index is 10.7. The van der Waals surface area contributed by atoms with Crippen LogP contribution in [0.3, 0.4) is 0 Å². The first kappa shape index (κ1) is 12.8. The molecule has 0 saturated carbocycles. The van der Waals surface area contributed by atoms with Crippen LogP contribution >= 0.6 is 0 Å². The smallest absolute Gasteiger partial charge is 0.264 e. The standard InChI is InChI=1S/C7H14O7S/c1-15(11,12)13-3-5-7(10)4(8)2-6(9)14-5/h4-10H,2-3H2,1H3/t4-,5-,6+,7+/m1/s1. The number of aliphatic hydroxyl groups is 3. The van der Waals surface area contributed by atoms with Crippen molar-refractivity contribution in [1.29, 1.82) is 0 Å². The second-order valence-electron chi connectivity index (χ2n) is 3.41. The maximum Gasteiger partial charge on any atom is 0.264 e. The normalized spacial score (nSPS) is 37.9. The van der Waals surface area contributed by atoms with Crippen LogP contribution in [0.4, 0.5) is 0 Å². The number of hydrogen-bond acceptors (Lipinski definition) is 7. The highest BCUT2D eigenvalue weighted by atomic mass is 32.2. The Labute approximate surface area is 87.4 Å². The van der Waals surface area contributed by atoms with Crippen LogP contribution in [0.1, 0.15) is 6.42 Å². The van der Waals surface area contributed by atoms with Crippen molar-refractivity contribution in [3.8, 4) is 0 Å². The van der Waals surface area contributed by atoms with Crippen LogP contribution in [0.2, 0.25) is 0 Å². The number of ether oxygens (including phenoxy) is 1. The molecular formula is C7H14O7S. The van der Waals surface area contributed by atoms with Crippen molar-refractivity contribution in [2.24, 2.45) is 0 Å². The molecule has 7 nitrogen and oxygen atoms in total. The molecule has 0 bridgehead atoms. The topological polar surface area (TPSA) is 113 Å². The lowest BCUT2D eigenvalue weighted by atomic mass is 10.0. The highest BCUT2D eigenvalue weighted by Gasteiger charge is 2.36. The zero-order valence-corrected chi connectivity index (χ0v) is 8.92. The Morgan fingerprint density at radius 3 is 2.53 bits per heavy atom. The van der Waals surface area contributed by atoms with Crippen LogP contribution in [-0.2, 0) is 19.0 Å². The van der Waals surface area contributed by atoms with Crippen molar-refractivity contribution in [2.45, 2.75) is 31.0 Å². The quantitative estimate of drug-likeness (QED) is 0.481. The van der Waals surface area contributed by atoms with Gasteiger partial charge < -0.3 is 20.1 Å². The van der Waals surface area contributed by atoms with Crippen molar-refractivity contribution >= 4 is 10.1 Å². The molecule has 3 N–H and O–H groups in total. The Morgan fingerprint density at radius 2 is 2.00 bits per heavy atom. The number of hydrogen-bond donors (Lipinski definition) is 3. The van der Waals surface area contributed by atoms with Crippen molar-refractivity contribution in [1.82, 2.24) is 0 Å². The first-order valence-electron chi connectivity index (χ1n) is 4.33. The Hall–Kier alpha value is -0.250. The predicted octanol–water partition coefficient (Wildman–Crippen LogP) is -2.21. The third-order valence-corrected chi connectivity index (χ3v) is 2.56. The van der Waals surface area contributed by atoms with E-state index >= 15 is 0 Å². The summed E-state index contributed by atoms with van der Waals surface area (Å²) in [5, 5.41) is 27.7. The minimum Gasteiger partial charge on any atom is -0.390 e. The molecule has 1 fully saturated rings. The van der Waals surface area contributed by atoms with Crippen LogP contribution in [0.15, 0.2) is 0 Å². The Morgan fingerprint density at radius 1 is 1.40 bits per heavy atom. The van der Waals surface area contributed by atoms with Gasteiger partial charge in [0.05, 0.1) is 19.0 Å². The Kier molecular flexibility index (Phi) is 4.04. The van der Waals surface area contributed by atoms with E-state index in [1.54, 1.807) is 0 Å². The highest BCUT2D eigenvalue weighted by molar-refractivity contribution is 7.85. The largest absolute Gasteiger partial charge is 0.390 e. The fraction of sp³-hybridized carbons (Fsp3) is 1.00. The maximum absolute atomic E-state index is 10.7. The fourth-order valence-corrected chi connectivity index (χ4v) is 1.64. The Bertz CT molecular complexity index is 300. The summed E-state index contributed by atoms with van der Waals surface area (Å²) < 4.78 is 30.5. The summed E-state index contributed by atoms with van der Waals surface area (Å²) in [7, 11) is -3.64. The molecule has 1 aliphatic heterocycles. The van der Waals surface area contributed by atoms with Gasteiger partial charge in [-0.05, 0) is 0 Å². The summed E-state index contributed by atoms with van der Waals surface area (Å²) in [5.41, 5.74) is 0. The minimum absolute atomic E-state index is 0.115. The molecule has 90 valence electrons. The third-order valence-electron chi connectivity index (χ3n) is 2.00. The van der Waals surface area contributed by atoms with E-state index in [2.05, 4.69) is 4.18 Å². The van der Waals surface area contributed by atoms with Crippen molar-refractivity contribution in [2.75, 3.05) is 12.9 Å². The van der Waals surface area contributed by atoms with Crippen molar-refractivity contribution in [3.05, 3.63) is 0 Å². The van der Waals surface area contributed by atoms with E-state index in [4.69, 9.17) is 9.84 Å². The molecule has 1 rings (SSSR count). The molecule has 1 heterocycles. The summed E-state index contributed by atoms with van der Waals surface area (Å²) in [5.74, 6) is 0. The molecule has 0 radical (unpaired) electrons. The average molecular weight is 242 g/mol. The molecular weight excluding hydrogens is 228 g/mol. The van der Waals surface area contributed by atoms with Gasteiger partial charge in [0, 0.05) is 6.42 Å². The van der Waals surface area contributed by atoms with Gasteiger partial charge in [-0.15, -0.1) is 0 Å². The van der Waals surface area contributed by atoms with E-state index in [0.29, 0.717) is 0 Å². The molecule has 1 aliphatic rings. The molecule has 0 aromatic heterocycles. The lowest BCUT2D eigenvalue weighted by molar-refractivity contribution is -0.237. The van der Waals surface area contributed by atoms with Gasteiger partial charge >= 0.3 is 0 Å². The predicted molar refractivity (Wildman–Crippen MR) is 48.3 cm³/mol. The van der Waals surface area contributed by atoms with Crippen LogP contribution in [0.25, 0.3) is 0 Å². The lowest BCUT2D eigenvalue weighted by Crippen LogP contribution is -2.50. The molecule has 15 heavy (non-hydrogen) atoms. The SMILES string of the molecule is CS(=O)(=O)OC[C@H]1O[C@H](O)C[C@@H](O)[C@@H]1O. The highest BCUT2D eigenvalue weighted by Crippen LogP contribution is 2.19. The van der Waals surface area contributed by atoms with E-state index < -0.39 is 41.3 Å². The summed E-state index contributed by atoms with van der Waals surface area (Å²) >= 11 is 0. The molecule has 8 heteroatoms. The van der Waals surface area contributed by atoms with Gasteiger partial charge in [-0.3, -0.25) is 4.18 Å². The van der Waals surface area contributed by atoms with Gasteiger partial charge in [0.25, 0.3) is 10.1 Å². The summed E-state index contributed by atoms with van der Waals surface area (Å²) in [6.45, 7) is -0.436. The molecule has 0 aromatic rings. The van der Waals surface area contributed by atoms with E-state index in [-0.39, 0.29) is 6.42 Å². The number of rotatable bonds is 3. The minimum atomic E-state index is -3.64. The molecule has 0 spiro atoms. The average Bonchev–Trinajstić information content (AvgIpc) is 2.07. The second-order valence-corrected chi connectivity index (χ2v) is 5.06. The molecule has 1 saturated heterocycles. The Balaban J connectivity index is 2.52. The lowest BCUT2D eigenvalue weighted by Gasteiger charge is -2.34. The van der Waals surface area contributed by atoms with E-state index in [0.717, 1.165) is 6.26 Å². The molecule has 0 aromatic carbocycles. The van der Waals surface area contributed by atoms with Gasteiger partial charge in [-0.2, -0.15) is 8.42 Å². The zero-order chi connectivity index (χ0) is 11.6. The van der Waals surface area contributed by atoms with Crippen molar-refractivity contribution in [3.63, 3.8) is 0 Å². The third kappa shape index (κ3) is 4.01. The summed E-state index contributed by atoms with van der Waals surface area (Å²) in [6.07, 6.45) is -3.96. The van der Waals surface area contributed by atoms with Gasteiger partial charge in [-0.25, -0.2) is 0 Å². The molecule has 4 atom stereocenters. The number of aliphatic hydroxyl groups excluding tert-OH is 3. The summed E-state index contributed by atoms with van der Waals surface area (Å²) in [4.78, 5) is 0. The van der Waals surface area contributed by atoms with Crippen LogP contribution in [0.5, 0.6) is 0 Å². The van der Waals surface area contributed by atoms with Crippen LogP contribution in [0, 0.1) is 0 Å². The molecule has 0 amide bonds. The van der Waals surface area contributed by atoms with Gasteiger partial charge in [-0.1, -0.05) is 0 Å². The second kappa shape index (κ2) is 4.73. The molecule has 0 unspecified atom stereocenters. The van der Waals surface area contributed by atoms with Crippen LogP contribution in [-0.4, -0.2) is 61.2 Å². The van der Waals surface area contributed by atoms with Gasteiger partial charge in [0.15, 0.2) is 6.29 Å². The van der Waals surface area contributed by atoms with Crippen LogP contribution < -0.4 is 0 Å². The van der Waals surface area contributed by atoms with E-state index in [1.807, 2.05) is 0 Å². The first-order valence-corrected chi connectivity index (χ1v) is 6.15. The first-order chi connectivity index (χ1) is 6.79. The summed E-state index contributed by atoms with van der Waals surface area (Å²) in [6, 6.07) is 0. The molecule has 0 aliphatic carbocycles. The van der Waals surface area contributed by atoms with Gasteiger partial charge in [0.1, 0.15) is 12.2 Å².